The monoisotopic (exact) mass is 329 g/mol. The molecule has 0 saturated carbocycles. The van der Waals surface area contributed by atoms with Crippen LogP contribution >= 0.6 is 0 Å². The van der Waals surface area contributed by atoms with Crippen LogP contribution in [-0.4, -0.2) is 18.6 Å². The number of ether oxygens (including phenoxy) is 2. The molecule has 0 saturated heterocycles. The average Bonchev–Trinajstić information content (AvgIpc) is 2.60. The Morgan fingerprint density at radius 2 is 1.79 bits per heavy atom. The maximum absolute atomic E-state index is 12.9. The van der Waals surface area contributed by atoms with Crippen LogP contribution in [0.3, 0.4) is 0 Å². The highest BCUT2D eigenvalue weighted by molar-refractivity contribution is 5.94. The smallest absolute Gasteiger partial charge is 0.265 e. The summed E-state index contributed by atoms with van der Waals surface area (Å²) < 4.78 is 23.9. The van der Waals surface area contributed by atoms with Gasteiger partial charge in [-0.3, -0.25) is 4.79 Å². The van der Waals surface area contributed by atoms with Gasteiger partial charge in [-0.25, -0.2) is 4.39 Å². The molecule has 0 aromatic heterocycles. The summed E-state index contributed by atoms with van der Waals surface area (Å²) in [5, 5.41) is 2.79. The molecule has 0 radical (unpaired) electrons. The molecule has 24 heavy (non-hydrogen) atoms. The molecule has 0 fully saturated rings. The normalized spacial score (nSPS) is 11.4. The molecule has 1 atom stereocenters. The van der Waals surface area contributed by atoms with E-state index in [2.05, 4.69) is 11.9 Å². The van der Waals surface area contributed by atoms with E-state index in [1.807, 2.05) is 6.92 Å². The Morgan fingerprint density at radius 1 is 1.17 bits per heavy atom. The number of carbonyl (C=O) groups excluding carboxylic acids is 1. The Hall–Kier alpha value is -2.82. The van der Waals surface area contributed by atoms with Crippen molar-refractivity contribution in [1.29, 1.82) is 0 Å². The number of hydrogen-bond acceptors (Lipinski definition) is 3. The quantitative estimate of drug-likeness (QED) is 0.739. The van der Waals surface area contributed by atoms with Crippen molar-refractivity contribution in [2.75, 3.05) is 11.9 Å². The van der Waals surface area contributed by atoms with E-state index >= 15 is 0 Å². The molecular weight excluding hydrogens is 309 g/mol. The van der Waals surface area contributed by atoms with Gasteiger partial charge in [-0.05, 0) is 55.0 Å². The van der Waals surface area contributed by atoms with Crippen molar-refractivity contribution in [2.45, 2.75) is 19.4 Å². The second-order valence-corrected chi connectivity index (χ2v) is 5.08. The van der Waals surface area contributed by atoms with Crippen LogP contribution in [-0.2, 0) is 4.79 Å². The summed E-state index contributed by atoms with van der Waals surface area (Å²) in [6.07, 6.45) is 1.49. The summed E-state index contributed by atoms with van der Waals surface area (Å²) in [7, 11) is 0. The molecule has 0 aliphatic carbocycles. The second kappa shape index (κ2) is 8.72. The Balaban J connectivity index is 1.95. The van der Waals surface area contributed by atoms with E-state index < -0.39 is 6.10 Å². The van der Waals surface area contributed by atoms with Crippen LogP contribution < -0.4 is 14.8 Å². The van der Waals surface area contributed by atoms with Crippen LogP contribution in [0, 0.1) is 5.82 Å². The summed E-state index contributed by atoms with van der Waals surface area (Å²) in [6, 6.07) is 12.6. The van der Waals surface area contributed by atoms with Crippen molar-refractivity contribution in [1.82, 2.24) is 0 Å². The standard InChI is InChI=1S/C19H20FNO3/c1-3-13-23-16-11-7-15(8-12-16)21-19(22)18(4-2)24-17-9-5-14(20)6-10-17/h3,5-12,18H,1,4,13H2,2H3,(H,21,22). The molecule has 2 aromatic rings. The van der Waals surface area contributed by atoms with Gasteiger partial charge >= 0.3 is 0 Å². The van der Waals surface area contributed by atoms with E-state index in [1.165, 1.54) is 24.3 Å². The number of nitrogens with one attached hydrogen (secondary N) is 1. The molecule has 0 spiro atoms. The number of hydrogen-bond donors (Lipinski definition) is 1. The second-order valence-electron chi connectivity index (χ2n) is 5.08. The Morgan fingerprint density at radius 3 is 2.38 bits per heavy atom. The fraction of sp³-hybridized carbons (Fsp3) is 0.211. The SMILES string of the molecule is C=CCOc1ccc(NC(=O)C(CC)Oc2ccc(F)cc2)cc1. The zero-order valence-corrected chi connectivity index (χ0v) is 13.5. The van der Waals surface area contributed by atoms with Gasteiger partial charge in [0.25, 0.3) is 5.91 Å². The van der Waals surface area contributed by atoms with Gasteiger partial charge < -0.3 is 14.8 Å². The van der Waals surface area contributed by atoms with Crippen molar-refractivity contribution in [3.8, 4) is 11.5 Å². The lowest BCUT2D eigenvalue weighted by atomic mass is 10.2. The van der Waals surface area contributed by atoms with E-state index in [0.717, 1.165) is 0 Å². The predicted molar refractivity (Wildman–Crippen MR) is 91.9 cm³/mol. The molecule has 126 valence electrons. The van der Waals surface area contributed by atoms with Gasteiger partial charge in [0.15, 0.2) is 6.10 Å². The molecule has 1 N–H and O–H groups in total. The molecule has 4 nitrogen and oxygen atoms in total. The first-order valence-electron chi connectivity index (χ1n) is 7.69. The van der Waals surface area contributed by atoms with E-state index in [-0.39, 0.29) is 11.7 Å². The largest absolute Gasteiger partial charge is 0.490 e. The Kier molecular flexibility index (Phi) is 6.37. The summed E-state index contributed by atoms with van der Waals surface area (Å²) in [4.78, 5) is 12.3. The van der Waals surface area contributed by atoms with Crippen LogP contribution in [0.1, 0.15) is 13.3 Å². The molecule has 2 aromatic carbocycles. The lowest BCUT2D eigenvalue weighted by Crippen LogP contribution is -2.32. The summed E-state index contributed by atoms with van der Waals surface area (Å²) in [6.45, 7) is 5.86. The number of rotatable bonds is 8. The van der Waals surface area contributed by atoms with Gasteiger partial charge in [0.2, 0.25) is 0 Å². The maximum Gasteiger partial charge on any atom is 0.265 e. The van der Waals surface area contributed by atoms with Gasteiger partial charge in [-0.2, -0.15) is 0 Å². The molecule has 0 bridgehead atoms. The fourth-order valence-corrected chi connectivity index (χ4v) is 2.01. The van der Waals surface area contributed by atoms with Crippen LogP contribution in [0.5, 0.6) is 11.5 Å². The summed E-state index contributed by atoms with van der Waals surface area (Å²) in [5.41, 5.74) is 0.645. The lowest BCUT2D eigenvalue weighted by Gasteiger charge is -2.17. The molecule has 1 unspecified atom stereocenters. The molecule has 5 heteroatoms. The van der Waals surface area contributed by atoms with Crippen molar-refractivity contribution in [2.24, 2.45) is 0 Å². The van der Waals surface area contributed by atoms with E-state index in [4.69, 9.17) is 9.47 Å². The Labute approximate surface area is 140 Å². The number of carbonyl (C=O) groups is 1. The molecular formula is C19H20FNO3. The summed E-state index contributed by atoms with van der Waals surface area (Å²) >= 11 is 0. The van der Waals surface area contributed by atoms with Crippen molar-refractivity contribution in [3.05, 3.63) is 67.0 Å². The van der Waals surface area contributed by atoms with Crippen molar-refractivity contribution < 1.29 is 18.7 Å². The van der Waals surface area contributed by atoms with E-state index in [0.29, 0.717) is 30.2 Å². The number of anilines is 1. The highest BCUT2D eigenvalue weighted by Crippen LogP contribution is 2.18. The van der Waals surface area contributed by atoms with Gasteiger partial charge in [0.05, 0.1) is 0 Å². The zero-order chi connectivity index (χ0) is 17.4. The highest BCUT2D eigenvalue weighted by Gasteiger charge is 2.18. The summed E-state index contributed by atoms with van der Waals surface area (Å²) in [5.74, 6) is 0.536. The molecule has 1 amide bonds. The third kappa shape index (κ3) is 5.12. The van der Waals surface area contributed by atoms with Crippen LogP contribution in [0.4, 0.5) is 10.1 Å². The number of halogens is 1. The molecule has 0 aliphatic heterocycles. The minimum absolute atomic E-state index is 0.262. The van der Waals surface area contributed by atoms with Crippen molar-refractivity contribution in [3.63, 3.8) is 0 Å². The van der Waals surface area contributed by atoms with Crippen LogP contribution in [0.15, 0.2) is 61.2 Å². The minimum Gasteiger partial charge on any atom is -0.490 e. The first-order chi connectivity index (χ1) is 11.6. The molecule has 0 aliphatic rings. The van der Waals surface area contributed by atoms with Gasteiger partial charge in [-0.15, -0.1) is 0 Å². The van der Waals surface area contributed by atoms with Gasteiger partial charge in [0, 0.05) is 5.69 Å². The average molecular weight is 329 g/mol. The minimum atomic E-state index is -0.660. The topological polar surface area (TPSA) is 47.6 Å². The third-order valence-electron chi connectivity index (χ3n) is 3.24. The van der Waals surface area contributed by atoms with Crippen LogP contribution in [0.25, 0.3) is 0 Å². The maximum atomic E-state index is 12.9. The van der Waals surface area contributed by atoms with E-state index in [1.54, 1.807) is 30.3 Å². The number of amides is 1. The lowest BCUT2D eigenvalue weighted by molar-refractivity contribution is -0.122. The first kappa shape index (κ1) is 17.5. The Bertz CT molecular complexity index is 668. The predicted octanol–water partition coefficient (Wildman–Crippen LogP) is 4.19. The third-order valence-corrected chi connectivity index (χ3v) is 3.24. The first-order valence-corrected chi connectivity index (χ1v) is 7.69. The van der Waals surface area contributed by atoms with Gasteiger partial charge in [-0.1, -0.05) is 19.6 Å². The highest BCUT2D eigenvalue weighted by atomic mass is 19.1. The van der Waals surface area contributed by atoms with Crippen LogP contribution in [0.2, 0.25) is 0 Å². The van der Waals surface area contributed by atoms with Crippen molar-refractivity contribution >= 4 is 11.6 Å². The molecule has 2 rings (SSSR count). The fourth-order valence-electron chi connectivity index (χ4n) is 2.01. The molecule has 0 heterocycles. The number of benzene rings is 2. The van der Waals surface area contributed by atoms with Gasteiger partial charge in [0.1, 0.15) is 23.9 Å². The zero-order valence-electron chi connectivity index (χ0n) is 13.5. The van der Waals surface area contributed by atoms with E-state index in [9.17, 15) is 9.18 Å².